The highest BCUT2D eigenvalue weighted by molar-refractivity contribution is 5.76. The Morgan fingerprint density at radius 2 is 2.11 bits per heavy atom. The van der Waals surface area contributed by atoms with Gasteiger partial charge in [-0.1, -0.05) is 0 Å². The number of hydrogen-bond acceptors (Lipinski definition) is 3. The number of rotatable bonds is 6. The molecule has 0 aromatic rings. The van der Waals surface area contributed by atoms with Gasteiger partial charge in [-0.2, -0.15) is 13.2 Å². The van der Waals surface area contributed by atoms with Gasteiger partial charge in [0.2, 0.25) is 5.91 Å². The third-order valence-corrected chi connectivity index (χ3v) is 3.08. The third kappa shape index (κ3) is 7.37. The first-order valence-corrected chi connectivity index (χ1v) is 6.58. The van der Waals surface area contributed by atoms with E-state index in [4.69, 9.17) is 10.5 Å². The Balaban J connectivity index is 2.27. The normalized spacial score (nSPS) is 24.2. The molecule has 0 bridgehead atoms. The molecule has 0 saturated heterocycles. The summed E-state index contributed by atoms with van der Waals surface area (Å²) in [5.74, 6) is -0.0908. The van der Waals surface area contributed by atoms with Crippen molar-refractivity contribution in [1.82, 2.24) is 5.32 Å². The second-order valence-electron chi connectivity index (χ2n) is 4.87. The molecule has 2 unspecified atom stereocenters. The van der Waals surface area contributed by atoms with E-state index in [9.17, 15) is 18.0 Å². The lowest BCUT2D eigenvalue weighted by Crippen LogP contribution is -2.41. The fourth-order valence-electron chi connectivity index (χ4n) is 2.20. The quantitative estimate of drug-likeness (QED) is 0.780. The molecule has 0 aromatic heterocycles. The maximum absolute atomic E-state index is 12.1. The van der Waals surface area contributed by atoms with Gasteiger partial charge >= 0.3 is 6.18 Å². The van der Waals surface area contributed by atoms with E-state index >= 15 is 0 Å². The largest absolute Gasteiger partial charge is 0.411 e. The van der Waals surface area contributed by atoms with Crippen LogP contribution in [-0.4, -0.2) is 37.4 Å². The van der Waals surface area contributed by atoms with Gasteiger partial charge in [-0.15, -0.1) is 0 Å². The predicted molar refractivity (Wildman–Crippen MR) is 64.5 cm³/mol. The fourth-order valence-corrected chi connectivity index (χ4v) is 2.20. The minimum Gasteiger partial charge on any atom is -0.369 e. The Morgan fingerprint density at radius 1 is 1.37 bits per heavy atom. The van der Waals surface area contributed by atoms with E-state index in [1.807, 2.05) is 0 Å². The van der Waals surface area contributed by atoms with Gasteiger partial charge in [0, 0.05) is 12.5 Å². The van der Waals surface area contributed by atoms with Crippen molar-refractivity contribution in [3.8, 4) is 0 Å². The number of carbonyl (C=O) groups excluding carboxylic acids is 1. The standard InChI is InChI=1S/C12H21F3N2O2/c13-12(14,15)8-19-10-4-1-3-9(7-10)17-11(18)5-2-6-16/h9-10H,1-8,16H2,(H,17,18). The Hall–Kier alpha value is -0.820. The van der Waals surface area contributed by atoms with Crippen LogP contribution in [-0.2, 0) is 9.53 Å². The van der Waals surface area contributed by atoms with Crippen LogP contribution in [0, 0.1) is 0 Å². The molecule has 19 heavy (non-hydrogen) atoms. The number of carbonyl (C=O) groups is 1. The Bertz CT molecular complexity index is 285. The third-order valence-electron chi connectivity index (χ3n) is 3.08. The maximum Gasteiger partial charge on any atom is 0.411 e. The number of ether oxygens (including phenoxy) is 1. The summed E-state index contributed by atoms with van der Waals surface area (Å²) in [5.41, 5.74) is 5.31. The zero-order chi connectivity index (χ0) is 14.3. The average molecular weight is 282 g/mol. The molecule has 3 N–H and O–H groups in total. The van der Waals surface area contributed by atoms with Crippen molar-refractivity contribution in [2.45, 2.75) is 56.8 Å². The SMILES string of the molecule is NCCCC(=O)NC1CCCC(OCC(F)(F)F)C1. The molecule has 0 heterocycles. The number of nitrogens with two attached hydrogens (primary N) is 1. The van der Waals surface area contributed by atoms with E-state index in [-0.39, 0.29) is 11.9 Å². The fraction of sp³-hybridized carbons (Fsp3) is 0.917. The van der Waals surface area contributed by atoms with E-state index in [1.54, 1.807) is 0 Å². The van der Waals surface area contributed by atoms with Crippen LogP contribution in [0.2, 0.25) is 0 Å². The van der Waals surface area contributed by atoms with Gasteiger partial charge in [-0.3, -0.25) is 4.79 Å². The van der Waals surface area contributed by atoms with Crippen LogP contribution in [0.4, 0.5) is 13.2 Å². The zero-order valence-corrected chi connectivity index (χ0v) is 10.8. The molecule has 0 aliphatic heterocycles. The summed E-state index contributed by atoms with van der Waals surface area (Å²) in [5, 5.41) is 2.83. The van der Waals surface area contributed by atoms with Crippen LogP contribution >= 0.6 is 0 Å². The molecule has 1 amide bonds. The first-order chi connectivity index (χ1) is 8.90. The van der Waals surface area contributed by atoms with Gasteiger partial charge in [-0.25, -0.2) is 0 Å². The highest BCUT2D eigenvalue weighted by Gasteiger charge is 2.31. The van der Waals surface area contributed by atoms with E-state index in [0.717, 1.165) is 12.8 Å². The van der Waals surface area contributed by atoms with E-state index < -0.39 is 18.9 Å². The first kappa shape index (κ1) is 16.2. The average Bonchev–Trinajstić information content (AvgIpc) is 2.33. The summed E-state index contributed by atoms with van der Waals surface area (Å²) in [6.45, 7) is -0.763. The highest BCUT2D eigenvalue weighted by Crippen LogP contribution is 2.24. The van der Waals surface area contributed by atoms with Crippen molar-refractivity contribution >= 4 is 5.91 Å². The van der Waals surface area contributed by atoms with Crippen molar-refractivity contribution in [2.24, 2.45) is 5.73 Å². The number of amides is 1. The van der Waals surface area contributed by atoms with Gasteiger partial charge in [0.25, 0.3) is 0 Å². The molecular weight excluding hydrogens is 261 g/mol. The molecule has 1 saturated carbocycles. The van der Waals surface area contributed by atoms with Crippen LogP contribution < -0.4 is 11.1 Å². The molecule has 1 rings (SSSR count). The number of nitrogens with one attached hydrogen (secondary N) is 1. The Kier molecular flexibility index (Phi) is 6.57. The lowest BCUT2D eigenvalue weighted by atomic mass is 9.92. The van der Waals surface area contributed by atoms with Crippen LogP contribution in [0.15, 0.2) is 0 Å². The van der Waals surface area contributed by atoms with Gasteiger partial charge in [-0.05, 0) is 38.6 Å². The molecule has 0 aromatic carbocycles. The second-order valence-corrected chi connectivity index (χ2v) is 4.87. The molecule has 0 radical (unpaired) electrons. The summed E-state index contributed by atoms with van der Waals surface area (Å²) in [4.78, 5) is 11.5. The van der Waals surface area contributed by atoms with Crippen LogP contribution in [0.25, 0.3) is 0 Å². The van der Waals surface area contributed by atoms with Gasteiger partial charge < -0.3 is 15.8 Å². The summed E-state index contributed by atoms with van der Waals surface area (Å²) in [6, 6.07) is -0.0859. The molecular formula is C12H21F3N2O2. The van der Waals surface area contributed by atoms with Crippen molar-refractivity contribution in [3.05, 3.63) is 0 Å². The van der Waals surface area contributed by atoms with E-state index in [1.165, 1.54) is 0 Å². The molecule has 7 heteroatoms. The molecule has 112 valence electrons. The molecule has 4 nitrogen and oxygen atoms in total. The van der Waals surface area contributed by atoms with Gasteiger partial charge in [0.1, 0.15) is 6.61 Å². The van der Waals surface area contributed by atoms with E-state index in [0.29, 0.717) is 32.2 Å². The van der Waals surface area contributed by atoms with Crippen LogP contribution in [0.3, 0.4) is 0 Å². The van der Waals surface area contributed by atoms with E-state index in [2.05, 4.69) is 5.32 Å². The Morgan fingerprint density at radius 3 is 2.74 bits per heavy atom. The predicted octanol–water partition coefficient (Wildman–Crippen LogP) is 1.73. The minimum atomic E-state index is -4.29. The van der Waals surface area contributed by atoms with Gasteiger partial charge in [0.15, 0.2) is 0 Å². The van der Waals surface area contributed by atoms with Crippen molar-refractivity contribution in [1.29, 1.82) is 0 Å². The smallest absolute Gasteiger partial charge is 0.369 e. The molecule has 2 atom stereocenters. The number of alkyl halides is 3. The molecule has 0 spiro atoms. The van der Waals surface area contributed by atoms with Gasteiger partial charge in [0.05, 0.1) is 6.10 Å². The Labute approximate surface area is 110 Å². The summed E-state index contributed by atoms with van der Waals surface area (Å²) >= 11 is 0. The first-order valence-electron chi connectivity index (χ1n) is 6.58. The molecule has 1 aliphatic carbocycles. The second kappa shape index (κ2) is 7.69. The lowest BCUT2D eigenvalue weighted by molar-refractivity contribution is -0.188. The van der Waals surface area contributed by atoms with Crippen molar-refractivity contribution in [3.63, 3.8) is 0 Å². The lowest BCUT2D eigenvalue weighted by Gasteiger charge is -2.30. The van der Waals surface area contributed by atoms with Crippen molar-refractivity contribution < 1.29 is 22.7 Å². The van der Waals surface area contributed by atoms with Crippen molar-refractivity contribution in [2.75, 3.05) is 13.2 Å². The van der Waals surface area contributed by atoms with Crippen LogP contribution in [0.1, 0.15) is 38.5 Å². The number of hydrogen-bond donors (Lipinski definition) is 2. The summed E-state index contributed by atoms with van der Waals surface area (Å²) in [6.07, 6.45) is -1.11. The highest BCUT2D eigenvalue weighted by atomic mass is 19.4. The summed E-state index contributed by atoms with van der Waals surface area (Å²) < 4.78 is 41.0. The van der Waals surface area contributed by atoms with Crippen LogP contribution in [0.5, 0.6) is 0 Å². The molecule has 1 aliphatic rings. The minimum absolute atomic E-state index is 0.0859. The summed E-state index contributed by atoms with van der Waals surface area (Å²) in [7, 11) is 0. The molecule has 1 fully saturated rings. The monoisotopic (exact) mass is 282 g/mol. The zero-order valence-electron chi connectivity index (χ0n) is 10.8. The topological polar surface area (TPSA) is 64.4 Å². The number of halogens is 3. The maximum atomic E-state index is 12.1.